The Morgan fingerprint density at radius 1 is 1.19 bits per heavy atom. The maximum Gasteiger partial charge on any atom is 0.261 e. The number of carbonyl (C=O) groups excluding carboxylic acids is 1. The molecule has 0 unspecified atom stereocenters. The monoisotopic (exact) mass is 594 g/mol. The molecule has 2 aromatic carbocycles. The van der Waals surface area contributed by atoms with Gasteiger partial charge in [-0.2, -0.15) is 0 Å². The minimum absolute atomic E-state index is 0.152. The first-order chi connectivity index (χ1) is 14.7. The summed E-state index contributed by atoms with van der Waals surface area (Å²) in [6.45, 7) is 1.70. The SMILES string of the molecule is CCCS(=O)(=O)Nc1ccc(I)c(C(=O)Nc2nnc(Cc3ccc(Cl)cc3)s2)c1F. The van der Waals surface area contributed by atoms with Crippen LogP contribution in [-0.4, -0.2) is 30.3 Å². The Kier molecular flexibility index (Phi) is 7.83. The fourth-order valence-corrected chi connectivity index (χ4v) is 5.33. The standard InChI is InChI=1S/C19H17ClFIN4O3S2/c1-2-9-31(28,29)26-14-8-7-13(22)16(17(14)21)18(27)23-19-25-24-15(30-19)10-11-3-5-12(20)6-4-11/h3-8,26H,2,9-10H2,1H3,(H,23,25,27). The number of benzene rings is 2. The summed E-state index contributed by atoms with van der Waals surface area (Å²) in [7, 11) is -3.70. The molecule has 0 fully saturated rings. The molecule has 0 saturated heterocycles. The van der Waals surface area contributed by atoms with Crippen LogP contribution in [0.4, 0.5) is 15.2 Å². The molecule has 1 heterocycles. The Morgan fingerprint density at radius 3 is 2.58 bits per heavy atom. The van der Waals surface area contributed by atoms with Gasteiger partial charge < -0.3 is 0 Å². The fourth-order valence-electron chi connectivity index (χ4n) is 2.64. The van der Waals surface area contributed by atoms with E-state index in [9.17, 15) is 17.6 Å². The number of hydrogen-bond acceptors (Lipinski definition) is 6. The van der Waals surface area contributed by atoms with Crippen LogP contribution in [0.5, 0.6) is 0 Å². The molecule has 3 rings (SSSR count). The van der Waals surface area contributed by atoms with Gasteiger partial charge >= 0.3 is 0 Å². The average molecular weight is 595 g/mol. The second-order valence-corrected chi connectivity index (χ2v) is 11.0. The first-order valence-corrected chi connectivity index (χ1v) is 13.0. The summed E-state index contributed by atoms with van der Waals surface area (Å²) in [5.74, 6) is -1.84. The van der Waals surface area contributed by atoms with Crippen molar-refractivity contribution in [2.45, 2.75) is 19.8 Å². The van der Waals surface area contributed by atoms with Crippen molar-refractivity contribution in [3.8, 4) is 0 Å². The molecule has 1 amide bonds. The Hall–Kier alpha value is -1.83. The quantitative estimate of drug-likeness (QED) is 0.360. The predicted octanol–water partition coefficient (Wildman–Crippen LogP) is 4.93. The summed E-state index contributed by atoms with van der Waals surface area (Å²) in [6.07, 6.45) is 0.884. The average Bonchev–Trinajstić information content (AvgIpc) is 3.12. The van der Waals surface area contributed by atoms with Crippen LogP contribution >= 0.6 is 45.5 Å². The fraction of sp³-hybridized carbons (Fsp3) is 0.211. The molecule has 0 radical (unpaired) electrons. The van der Waals surface area contributed by atoms with Crippen LogP contribution in [0.1, 0.15) is 34.3 Å². The minimum atomic E-state index is -3.70. The number of carbonyl (C=O) groups is 1. The summed E-state index contributed by atoms with van der Waals surface area (Å²) >= 11 is 8.86. The summed E-state index contributed by atoms with van der Waals surface area (Å²) in [6, 6.07) is 10.0. The van der Waals surface area contributed by atoms with Crippen LogP contribution in [0.25, 0.3) is 0 Å². The smallest absolute Gasteiger partial charge is 0.261 e. The Labute approximate surface area is 201 Å². The normalized spacial score (nSPS) is 11.4. The zero-order chi connectivity index (χ0) is 22.6. The maximum atomic E-state index is 14.9. The molecule has 0 saturated carbocycles. The van der Waals surface area contributed by atoms with Crippen molar-refractivity contribution in [2.75, 3.05) is 15.8 Å². The van der Waals surface area contributed by atoms with Crippen molar-refractivity contribution >= 4 is 72.3 Å². The lowest BCUT2D eigenvalue weighted by atomic mass is 10.2. The van der Waals surface area contributed by atoms with Gasteiger partial charge in [-0.1, -0.05) is 42.0 Å². The van der Waals surface area contributed by atoms with Gasteiger partial charge in [0.15, 0.2) is 5.82 Å². The van der Waals surface area contributed by atoms with Gasteiger partial charge in [0.05, 0.1) is 17.0 Å². The second kappa shape index (κ2) is 10.2. The number of halogens is 3. The van der Waals surface area contributed by atoms with E-state index in [2.05, 4.69) is 20.2 Å². The van der Waals surface area contributed by atoms with Crippen LogP contribution in [0.2, 0.25) is 5.02 Å². The van der Waals surface area contributed by atoms with E-state index in [0.717, 1.165) is 16.9 Å². The third-order valence-corrected chi connectivity index (χ3v) is 7.48. The molecule has 0 spiro atoms. The van der Waals surface area contributed by atoms with Crippen LogP contribution in [0.3, 0.4) is 0 Å². The molecule has 0 atom stereocenters. The zero-order valence-electron chi connectivity index (χ0n) is 16.2. The van der Waals surface area contributed by atoms with Gasteiger partial charge in [-0.05, 0) is 58.8 Å². The highest BCUT2D eigenvalue weighted by atomic mass is 127. The molecule has 2 N–H and O–H groups in total. The molecule has 3 aromatic rings. The molecular formula is C19H17ClFIN4O3S2. The van der Waals surface area contributed by atoms with Crippen LogP contribution in [0.15, 0.2) is 36.4 Å². The lowest BCUT2D eigenvalue weighted by molar-refractivity contribution is 0.102. The van der Waals surface area contributed by atoms with E-state index in [0.29, 0.717) is 26.4 Å². The van der Waals surface area contributed by atoms with Gasteiger partial charge in [0, 0.05) is 15.0 Å². The first kappa shape index (κ1) is 23.8. The highest BCUT2D eigenvalue weighted by Gasteiger charge is 2.22. The number of aromatic nitrogens is 2. The summed E-state index contributed by atoms with van der Waals surface area (Å²) in [4.78, 5) is 12.7. The van der Waals surface area contributed by atoms with E-state index < -0.39 is 21.7 Å². The molecule has 0 aliphatic carbocycles. The third-order valence-electron chi connectivity index (χ3n) is 4.01. The van der Waals surface area contributed by atoms with Crippen molar-refractivity contribution in [3.05, 3.63) is 66.9 Å². The Bertz CT molecular complexity index is 1200. The Morgan fingerprint density at radius 2 is 1.90 bits per heavy atom. The number of rotatable bonds is 8. The molecule has 1 aromatic heterocycles. The number of anilines is 2. The number of nitrogens with zero attached hydrogens (tertiary/aromatic N) is 2. The van der Waals surface area contributed by atoms with Gasteiger partial charge in [-0.15, -0.1) is 10.2 Å². The molecule has 0 aliphatic rings. The lowest BCUT2D eigenvalue weighted by Crippen LogP contribution is -2.20. The van der Waals surface area contributed by atoms with E-state index in [4.69, 9.17) is 11.6 Å². The predicted molar refractivity (Wildman–Crippen MR) is 129 cm³/mol. The van der Waals surface area contributed by atoms with Gasteiger partial charge in [0.1, 0.15) is 5.01 Å². The van der Waals surface area contributed by atoms with Gasteiger partial charge in [0.2, 0.25) is 15.2 Å². The third kappa shape index (κ3) is 6.34. The molecule has 0 bridgehead atoms. The maximum absolute atomic E-state index is 14.9. The molecule has 12 heteroatoms. The largest absolute Gasteiger partial charge is 0.296 e. The number of nitrogens with one attached hydrogen (secondary N) is 2. The summed E-state index contributed by atoms with van der Waals surface area (Å²) in [5.41, 5.74) is 0.428. The molecule has 164 valence electrons. The number of hydrogen-bond donors (Lipinski definition) is 2. The minimum Gasteiger partial charge on any atom is -0.296 e. The van der Waals surface area contributed by atoms with Crippen molar-refractivity contribution in [3.63, 3.8) is 0 Å². The van der Waals surface area contributed by atoms with Crippen LogP contribution < -0.4 is 10.0 Å². The van der Waals surface area contributed by atoms with Crippen LogP contribution in [0, 0.1) is 9.39 Å². The van der Waals surface area contributed by atoms with E-state index in [-0.39, 0.29) is 22.1 Å². The molecule has 31 heavy (non-hydrogen) atoms. The number of amides is 1. The van der Waals surface area contributed by atoms with Gasteiger partial charge in [-0.3, -0.25) is 14.8 Å². The van der Waals surface area contributed by atoms with Gasteiger partial charge in [-0.25, -0.2) is 12.8 Å². The van der Waals surface area contributed by atoms with Crippen molar-refractivity contribution in [2.24, 2.45) is 0 Å². The lowest BCUT2D eigenvalue weighted by Gasteiger charge is -2.12. The van der Waals surface area contributed by atoms with Gasteiger partial charge in [0.25, 0.3) is 5.91 Å². The Balaban J connectivity index is 1.77. The molecule has 0 aliphatic heterocycles. The van der Waals surface area contributed by atoms with E-state index >= 15 is 0 Å². The second-order valence-electron chi connectivity index (χ2n) is 6.46. The summed E-state index contributed by atoms with van der Waals surface area (Å²) < 4.78 is 41.4. The van der Waals surface area contributed by atoms with E-state index in [1.54, 1.807) is 19.1 Å². The number of sulfonamides is 1. The first-order valence-electron chi connectivity index (χ1n) is 9.05. The van der Waals surface area contributed by atoms with Crippen LogP contribution in [-0.2, 0) is 16.4 Å². The highest BCUT2D eigenvalue weighted by molar-refractivity contribution is 14.1. The van der Waals surface area contributed by atoms with Crippen molar-refractivity contribution in [1.29, 1.82) is 0 Å². The van der Waals surface area contributed by atoms with Crippen molar-refractivity contribution in [1.82, 2.24) is 10.2 Å². The van der Waals surface area contributed by atoms with Crippen molar-refractivity contribution < 1.29 is 17.6 Å². The van der Waals surface area contributed by atoms with E-state index in [1.165, 1.54) is 12.1 Å². The van der Waals surface area contributed by atoms with E-state index in [1.807, 2.05) is 34.7 Å². The zero-order valence-corrected chi connectivity index (χ0v) is 20.7. The molecule has 7 nitrogen and oxygen atoms in total. The highest BCUT2D eigenvalue weighted by Crippen LogP contribution is 2.26. The topological polar surface area (TPSA) is 101 Å². The molecular weight excluding hydrogens is 578 g/mol. The summed E-state index contributed by atoms with van der Waals surface area (Å²) in [5, 5.41) is 12.0.